The van der Waals surface area contributed by atoms with Crippen molar-refractivity contribution >= 4 is 45.5 Å². The number of carbonyl (C=O) groups is 3. The van der Waals surface area contributed by atoms with E-state index >= 15 is 0 Å². The zero-order chi connectivity index (χ0) is 19.6. The number of nitrogens with one attached hydrogen (secondary N) is 1. The number of phenols is 1. The number of halogens is 1. The van der Waals surface area contributed by atoms with Gasteiger partial charge in [0, 0.05) is 10.0 Å². The number of benzene rings is 2. The lowest BCUT2D eigenvalue weighted by atomic mass is 10.1. The van der Waals surface area contributed by atoms with E-state index in [4.69, 9.17) is 4.74 Å². The highest BCUT2D eigenvalue weighted by Gasteiger charge is 2.34. The number of nitrogens with zero attached hydrogens (tertiary/aromatic N) is 1. The molecule has 2 aromatic carbocycles. The van der Waals surface area contributed by atoms with Crippen LogP contribution in [0.5, 0.6) is 5.75 Å². The summed E-state index contributed by atoms with van der Waals surface area (Å²) in [5.41, 5.74) is 3.42. The number of phenolic OH excluding ortho intramolecular Hbond substituents is 1. The Morgan fingerprint density at radius 1 is 1.22 bits per heavy atom. The quantitative estimate of drug-likeness (QED) is 0.441. The molecule has 0 bridgehead atoms. The molecule has 0 atom stereocenters. The summed E-state index contributed by atoms with van der Waals surface area (Å²) in [7, 11) is 0. The van der Waals surface area contributed by atoms with Gasteiger partial charge in [0.25, 0.3) is 11.8 Å². The predicted molar refractivity (Wildman–Crippen MR) is 102 cm³/mol. The summed E-state index contributed by atoms with van der Waals surface area (Å²) in [6, 6.07) is 10.8. The second-order valence-electron chi connectivity index (χ2n) is 5.61. The Morgan fingerprint density at radius 3 is 2.59 bits per heavy atom. The topological polar surface area (TPSA) is 95.9 Å². The van der Waals surface area contributed by atoms with Gasteiger partial charge in [0.15, 0.2) is 0 Å². The minimum Gasteiger partial charge on any atom is -0.507 e. The molecule has 1 aliphatic rings. The van der Waals surface area contributed by atoms with Gasteiger partial charge in [-0.05, 0) is 55.5 Å². The maximum Gasteiger partial charge on any atom is 0.338 e. The summed E-state index contributed by atoms with van der Waals surface area (Å²) < 4.78 is 5.61. The Bertz CT molecular complexity index is 953. The molecular weight excluding hydrogens is 416 g/mol. The lowest BCUT2D eigenvalue weighted by Gasteiger charge is -2.14. The van der Waals surface area contributed by atoms with Crippen LogP contribution in [0.2, 0.25) is 0 Å². The summed E-state index contributed by atoms with van der Waals surface area (Å²) in [6.07, 6.45) is 1.32. The van der Waals surface area contributed by atoms with Gasteiger partial charge in [-0.2, -0.15) is 0 Å². The predicted octanol–water partition coefficient (Wildman–Crippen LogP) is 2.79. The number of rotatable bonds is 4. The third-order valence-corrected chi connectivity index (χ3v) is 4.31. The fraction of sp³-hybridized carbons (Fsp3) is 0.105. The molecule has 2 N–H and O–H groups in total. The third kappa shape index (κ3) is 3.85. The van der Waals surface area contributed by atoms with Crippen molar-refractivity contribution in [3.8, 4) is 5.75 Å². The minimum absolute atomic E-state index is 0.0523. The van der Waals surface area contributed by atoms with E-state index < -0.39 is 17.8 Å². The van der Waals surface area contributed by atoms with Gasteiger partial charge in [-0.3, -0.25) is 15.0 Å². The smallest absolute Gasteiger partial charge is 0.338 e. The normalized spacial score (nSPS) is 15.2. The van der Waals surface area contributed by atoms with E-state index in [1.165, 1.54) is 36.4 Å². The van der Waals surface area contributed by atoms with Crippen molar-refractivity contribution in [1.29, 1.82) is 0 Å². The molecule has 0 saturated carbocycles. The van der Waals surface area contributed by atoms with Crippen LogP contribution < -0.4 is 10.4 Å². The van der Waals surface area contributed by atoms with E-state index in [2.05, 4.69) is 21.4 Å². The molecule has 1 heterocycles. The van der Waals surface area contributed by atoms with Crippen molar-refractivity contribution < 1.29 is 24.2 Å². The van der Waals surface area contributed by atoms with Crippen LogP contribution in [0.15, 0.2) is 52.5 Å². The summed E-state index contributed by atoms with van der Waals surface area (Å²) in [6.45, 7) is 1.97. The highest BCUT2D eigenvalue weighted by Crippen LogP contribution is 2.27. The van der Waals surface area contributed by atoms with Gasteiger partial charge in [0.1, 0.15) is 11.3 Å². The largest absolute Gasteiger partial charge is 0.507 e. The number of hydrazine groups is 1. The minimum atomic E-state index is -0.589. The molecule has 2 amide bonds. The number of amides is 2. The molecule has 138 valence electrons. The lowest BCUT2D eigenvalue weighted by Crippen LogP contribution is -2.35. The van der Waals surface area contributed by atoms with Gasteiger partial charge in [-0.25, -0.2) is 9.80 Å². The van der Waals surface area contributed by atoms with Crippen molar-refractivity contribution in [2.45, 2.75) is 6.92 Å². The summed E-state index contributed by atoms with van der Waals surface area (Å²) in [4.78, 5) is 36.5. The molecule has 0 spiro atoms. The third-order valence-electron chi connectivity index (χ3n) is 3.82. The molecule has 1 fully saturated rings. The average molecular weight is 431 g/mol. The fourth-order valence-electron chi connectivity index (χ4n) is 2.50. The number of carbonyl (C=O) groups excluding carboxylic acids is 3. The molecule has 3 rings (SSSR count). The second kappa shape index (κ2) is 7.63. The zero-order valence-corrected chi connectivity index (χ0v) is 15.8. The van der Waals surface area contributed by atoms with Crippen LogP contribution in [-0.2, 0) is 14.3 Å². The van der Waals surface area contributed by atoms with E-state index in [1.54, 1.807) is 19.1 Å². The maximum absolute atomic E-state index is 12.6. The van der Waals surface area contributed by atoms with Gasteiger partial charge in [0.2, 0.25) is 0 Å². The number of aromatic hydroxyl groups is 1. The molecule has 8 heteroatoms. The molecule has 7 nitrogen and oxygen atoms in total. The first-order valence-corrected chi connectivity index (χ1v) is 8.83. The Hall–Kier alpha value is -3.13. The van der Waals surface area contributed by atoms with Crippen LogP contribution in [-0.4, -0.2) is 29.5 Å². The first-order valence-electron chi connectivity index (χ1n) is 8.03. The van der Waals surface area contributed by atoms with Crippen molar-refractivity contribution in [3.63, 3.8) is 0 Å². The molecule has 2 aromatic rings. The van der Waals surface area contributed by atoms with Gasteiger partial charge in [-0.1, -0.05) is 15.9 Å². The SMILES string of the molecule is CCOC(=O)c1ccc(N2NC(=O)C(=Cc3cc(Br)ccc3O)C2=O)cc1. The summed E-state index contributed by atoms with van der Waals surface area (Å²) in [5.74, 6) is -1.67. The zero-order valence-electron chi connectivity index (χ0n) is 14.2. The number of hydrogen-bond donors (Lipinski definition) is 2. The van der Waals surface area contributed by atoms with Crippen LogP contribution in [0.25, 0.3) is 6.08 Å². The molecule has 0 aliphatic carbocycles. The lowest BCUT2D eigenvalue weighted by molar-refractivity contribution is -0.117. The molecular formula is C19H15BrN2O5. The Labute approximate surface area is 163 Å². The molecule has 0 radical (unpaired) electrons. The molecule has 27 heavy (non-hydrogen) atoms. The van der Waals surface area contributed by atoms with Crippen molar-refractivity contribution in [2.24, 2.45) is 0 Å². The van der Waals surface area contributed by atoms with Crippen LogP contribution >= 0.6 is 15.9 Å². The Balaban J connectivity index is 1.87. The number of anilines is 1. The highest BCUT2D eigenvalue weighted by molar-refractivity contribution is 9.10. The number of ether oxygens (including phenoxy) is 1. The monoisotopic (exact) mass is 430 g/mol. The maximum atomic E-state index is 12.6. The standard InChI is InChI=1S/C19H15BrN2O5/c1-2-27-19(26)11-3-6-14(7-4-11)22-18(25)15(17(24)21-22)10-12-9-13(20)5-8-16(12)23/h3-10,23H,2H2,1H3,(H,21,24). The molecule has 0 unspecified atom stereocenters. The summed E-state index contributed by atoms with van der Waals surface area (Å²) >= 11 is 3.28. The average Bonchev–Trinajstić information content (AvgIpc) is 2.93. The first kappa shape index (κ1) is 18.7. The Morgan fingerprint density at radius 2 is 1.93 bits per heavy atom. The van der Waals surface area contributed by atoms with Gasteiger partial charge in [-0.15, -0.1) is 0 Å². The second-order valence-corrected chi connectivity index (χ2v) is 6.53. The van der Waals surface area contributed by atoms with Crippen molar-refractivity contribution in [3.05, 3.63) is 63.6 Å². The number of esters is 1. The van der Waals surface area contributed by atoms with Crippen LogP contribution in [0.4, 0.5) is 5.69 Å². The Kier molecular flexibility index (Phi) is 5.27. The van der Waals surface area contributed by atoms with Gasteiger partial charge >= 0.3 is 5.97 Å². The molecule has 0 aromatic heterocycles. The number of hydrogen-bond acceptors (Lipinski definition) is 5. The van der Waals surface area contributed by atoms with Crippen molar-refractivity contribution in [1.82, 2.24) is 5.43 Å². The van der Waals surface area contributed by atoms with E-state index in [0.717, 1.165) is 5.01 Å². The fourth-order valence-corrected chi connectivity index (χ4v) is 2.88. The van der Waals surface area contributed by atoms with E-state index in [0.29, 0.717) is 21.3 Å². The molecule has 1 saturated heterocycles. The first-order chi connectivity index (χ1) is 12.9. The van der Waals surface area contributed by atoms with E-state index in [9.17, 15) is 19.5 Å². The van der Waals surface area contributed by atoms with Crippen molar-refractivity contribution in [2.75, 3.05) is 11.6 Å². The van der Waals surface area contributed by atoms with Crippen LogP contribution in [0.3, 0.4) is 0 Å². The summed E-state index contributed by atoms with van der Waals surface area (Å²) in [5, 5.41) is 11.0. The van der Waals surface area contributed by atoms with Crippen LogP contribution in [0, 0.1) is 0 Å². The van der Waals surface area contributed by atoms with E-state index in [-0.39, 0.29) is 17.9 Å². The van der Waals surface area contributed by atoms with E-state index in [1.807, 2.05) is 0 Å². The van der Waals surface area contributed by atoms with Gasteiger partial charge in [0.05, 0.1) is 17.9 Å². The van der Waals surface area contributed by atoms with Gasteiger partial charge < -0.3 is 9.84 Å². The van der Waals surface area contributed by atoms with Crippen LogP contribution in [0.1, 0.15) is 22.8 Å². The molecule has 1 aliphatic heterocycles. The highest BCUT2D eigenvalue weighted by atomic mass is 79.9.